The number of phenols is 1. The lowest BCUT2D eigenvalue weighted by atomic mass is 10.1. The number of rotatable bonds is 0. The zero-order valence-corrected chi connectivity index (χ0v) is 12.5. The second-order valence-corrected chi connectivity index (χ2v) is 6.42. The summed E-state index contributed by atoms with van der Waals surface area (Å²) in [6.45, 7) is 4.14. The fourth-order valence-corrected chi connectivity index (χ4v) is 4.07. The van der Waals surface area contributed by atoms with Crippen LogP contribution in [0.4, 0.5) is 0 Å². The average Bonchev–Trinajstić information content (AvgIpc) is 2.69. The highest BCUT2D eigenvalue weighted by atomic mass is 127. The molecule has 0 atom stereocenters. The van der Waals surface area contributed by atoms with E-state index in [2.05, 4.69) is 41.6 Å². The molecule has 0 aliphatic carbocycles. The van der Waals surface area contributed by atoms with Crippen molar-refractivity contribution in [1.29, 1.82) is 0 Å². The fourth-order valence-electron chi connectivity index (χ4n) is 2.14. The maximum absolute atomic E-state index is 9.77. The highest BCUT2D eigenvalue weighted by molar-refractivity contribution is 14.1. The van der Waals surface area contributed by atoms with Crippen LogP contribution in [0.3, 0.4) is 0 Å². The summed E-state index contributed by atoms with van der Waals surface area (Å²) in [6.07, 6.45) is 0. The van der Waals surface area contributed by atoms with Crippen molar-refractivity contribution in [3.63, 3.8) is 0 Å². The smallest absolute Gasteiger partial charge is 0.119 e. The zero-order chi connectivity index (χ0) is 12.2. The van der Waals surface area contributed by atoms with Gasteiger partial charge in [-0.15, -0.1) is 11.3 Å². The van der Waals surface area contributed by atoms with E-state index < -0.39 is 0 Å². The van der Waals surface area contributed by atoms with Gasteiger partial charge in [0.05, 0.1) is 0 Å². The standard InChI is InChI=1S/C14H11IOS/c1-7-11(15)5-3-9-10-4-6-12(16)8(2)14(10)17-13(7)9/h3-6,16H,1-2H3. The molecule has 0 saturated heterocycles. The van der Waals surface area contributed by atoms with Crippen molar-refractivity contribution in [2.75, 3.05) is 0 Å². The second-order valence-electron chi connectivity index (χ2n) is 4.24. The number of phenolic OH excluding ortho intramolecular Hbond substituents is 1. The van der Waals surface area contributed by atoms with E-state index in [-0.39, 0.29) is 0 Å². The van der Waals surface area contributed by atoms with Crippen LogP contribution < -0.4 is 0 Å². The highest BCUT2D eigenvalue weighted by Gasteiger charge is 2.12. The molecule has 2 aromatic carbocycles. The van der Waals surface area contributed by atoms with Crippen LogP contribution in [0.5, 0.6) is 5.75 Å². The van der Waals surface area contributed by atoms with Crippen LogP contribution >= 0.6 is 33.9 Å². The maximum atomic E-state index is 9.77. The molecule has 0 unspecified atom stereocenters. The molecule has 0 spiro atoms. The molecule has 1 nitrogen and oxygen atoms in total. The summed E-state index contributed by atoms with van der Waals surface area (Å²) in [5, 5.41) is 12.3. The monoisotopic (exact) mass is 354 g/mol. The number of benzene rings is 2. The van der Waals surface area contributed by atoms with Gasteiger partial charge in [0.2, 0.25) is 0 Å². The predicted molar refractivity (Wildman–Crippen MR) is 83.2 cm³/mol. The van der Waals surface area contributed by atoms with E-state index in [1.807, 2.05) is 13.0 Å². The van der Waals surface area contributed by atoms with E-state index in [1.54, 1.807) is 17.4 Å². The third-order valence-electron chi connectivity index (χ3n) is 3.21. The van der Waals surface area contributed by atoms with Gasteiger partial charge in [-0.3, -0.25) is 0 Å². The largest absolute Gasteiger partial charge is 0.508 e. The Morgan fingerprint density at radius 2 is 1.53 bits per heavy atom. The summed E-state index contributed by atoms with van der Waals surface area (Å²) in [7, 11) is 0. The van der Waals surface area contributed by atoms with Gasteiger partial charge in [0.1, 0.15) is 5.75 Å². The minimum absolute atomic E-state index is 0.386. The van der Waals surface area contributed by atoms with Crippen LogP contribution in [0, 0.1) is 17.4 Å². The Kier molecular flexibility index (Phi) is 2.56. The minimum atomic E-state index is 0.386. The molecule has 0 bridgehead atoms. The molecule has 3 heteroatoms. The SMILES string of the molecule is Cc1c(O)ccc2c1sc1c(C)c(I)ccc12. The van der Waals surface area contributed by atoms with E-state index in [0.717, 1.165) is 5.56 Å². The van der Waals surface area contributed by atoms with Crippen molar-refractivity contribution in [3.8, 4) is 5.75 Å². The van der Waals surface area contributed by atoms with E-state index in [1.165, 1.54) is 29.3 Å². The Bertz CT molecular complexity index is 681. The van der Waals surface area contributed by atoms with Crippen molar-refractivity contribution in [2.24, 2.45) is 0 Å². The first-order chi connectivity index (χ1) is 8.09. The van der Waals surface area contributed by atoms with Gasteiger partial charge in [0.25, 0.3) is 0 Å². The molecule has 1 aromatic heterocycles. The van der Waals surface area contributed by atoms with Crippen LogP contribution in [0.15, 0.2) is 24.3 Å². The van der Waals surface area contributed by atoms with Gasteiger partial charge in [-0.05, 0) is 60.2 Å². The molecule has 3 aromatic rings. The van der Waals surface area contributed by atoms with Crippen molar-refractivity contribution in [1.82, 2.24) is 0 Å². The lowest BCUT2D eigenvalue weighted by molar-refractivity contribution is 0.472. The number of aryl methyl sites for hydroxylation is 2. The number of aromatic hydroxyl groups is 1. The first kappa shape index (κ1) is 11.3. The minimum Gasteiger partial charge on any atom is -0.508 e. The third-order valence-corrected chi connectivity index (χ3v) is 5.84. The van der Waals surface area contributed by atoms with E-state index in [0.29, 0.717) is 5.75 Å². The predicted octanol–water partition coefficient (Wildman–Crippen LogP) is 4.98. The van der Waals surface area contributed by atoms with Crippen LogP contribution in [-0.4, -0.2) is 5.11 Å². The van der Waals surface area contributed by atoms with Crippen LogP contribution in [0.2, 0.25) is 0 Å². The lowest BCUT2D eigenvalue weighted by Gasteiger charge is -1.99. The van der Waals surface area contributed by atoms with Crippen LogP contribution in [0.1, 0.15) is 11.1 Å². The highest BCUT2D eigenvalue weighted by Crippen LogP contribution is 2.40. The summed E-state index contributed by atoms with van der Waals surface area (Å²) in [5.41, 5.74) is 2.32. The first-order valence-electron chi connectivity index (χ1n) is 5.39. The van der Waals surface area contributed by atoms with Gasteiger partial charge in [-0.1, -0.05) is 6.07 Å². The average molecular weight is 354 g/mol. The summed E-state index contributed by atoms with van der Waals surface area (Å²) in [6, 6.07) is 8.14. The van der Waals surface area contributed by atoms with E-state index in [9.17, 15) is 5.11 Å². The Labute approximate surface area is 117 Å². The zero-order valence-electron chi connectivity index (χ0n) is 9.54. The quantitative estimate of drug-likeness (QED) is 0.565. The van der Waals surface area contributed by atoms with Gasteiger partial charge in [-0.25, -0.2) is 0 Å². The maximum Gasteiger partial charge on any atom is 0.119 e. The molecule has 0 aliphatic heterocycles. The first-order valence-corrected chi connectivity index (χ1v) is 7.29. The topological polar surface area (TPSA) is 20.2 Å². The number of thiophene rings is 1. The Balaban J connectivity index is 2.58. The van der Waals surface area contributed by atoms with Crippen molar-refractivity contribution in [3.05, 3.63) is 39.0 Å². The van der Waals surface area contributed by atoms with E-state index in [4.69, 9.17) is 0 Å². The molecule has 1 heterocycles. The molecule has 17 heavy (non-hydrogen) atoms. The van der Waals surface area contributed by atoms with Gasteiger partial charge in [0.15, 0.2) is 0 Å². The Morgan fingerprint density at radius 3 is 2.24 bits per heavy atom. The molecule has 0 fully saturated rings. The number of fused-ring (bicyclic) bond motifs is 3. The van der Waals surface area contributed by atoms with Gasteiger partial charge in [-0.2, -0.15) is 0 Å². The Morgan fingerprint density at radius 1 is 0.941 bits per heavy atom. The second kappa shape index (κ2) is 3.85. The Hall–Kier alpha value is -0.810. The molecule has 0 radical (unpaired) electrons. The summed E-state index contributed by atoms with van der Waals surface area (Å²) in [4.78, 5) is 0. The molecule has 0 aliphatic rings. The van der Waals surface area contributed by atoms with Crippen LogP contribution in [-0.2, 0) is 0 Å². The summed E-state index contributed by atoms with van der Waals surface area (Å²) < 4.78 is 3.83. The number of hydrogen-bond donors (Lipinski definition) is 1. The van der Waals surface area contributed by atoms with Gasteiger partial charge >= 0.3 is 0 Å². The fraction of sp³-hybridized carbons (Fsp3) is 0.143. The van der Waals surface area contributed by atoms with Crippen molar-refractivity contribution >= 4 is 54.1 Å². The summed E-state index contributed by atoms with van der Waals surface area (Å²) >= 11 is 4.15. The van der Waals surface area contributed by atoms with Gasteiger partial charge in [0, 0.05) is 29.3 Å². The third kappa shape index (κ3) is 1.56. The van der Waals surface area contributed by atoms with Gasteiger partial charge < -0.3 is 5.11 Å². The molecule has 0 amide bonds. The lowest BCUT2D eigenvalue weighted by Crippen LogP contribution is -1.78. The van der Waals surface area contributed by atoms with Crippen molar-refractivity contribution in [2.45, 2.75) is 13.8 Å². The molecule has 86 valence electrons. The molecular weight excluding hydrogens is 343 g/mol. The number of hydrogen-bond acceptors (Lipinski definition) is 2. The van der Waals surface area contributed by atoms with E-state index >= 15 is 0 Å². The van der Waals surface area contributed by atoms with Crippen molar-refractivity contribution < 1.29 is 5.11 Å². The molecule has 1 N–H and O–H groups in total. The normalized spacial score (nSPS) is 11.5. The molecule has 3 rings (SSSR count). The molecular formula is C14H11IOS. The number of halogens is 1. The van der Waals surface area contributed by atoms with Crippen LogP contribution in [0.25, 0.3) is 20.2 Å². The molecule has 0 saturated carbocycles. The summed E-state index contributed by atoms with van der Waals surface area (Å²) in [5.74, 6) is 0.386.